The van der Waals surface area contributed by atoms with Crippen LogP contribution < -0.4 is 10.6 Å². The minimum atomic E-state index is -4.94. The Kier molecular flexibility index (Phi) is 8.26. The summed E-state index contributed by atoms with van der Waals surface area (Å²) in [6.07, 6.45) is -4.12. The van der Waals surface area contributed by atoms with E-state index in [0.29, 0.717) is 12.1 Å². The van der Waals surface area contributed by atoms with Gasteiger partial charge in [0.15, 0.2) is 5.11 Å². The number of thiocarbonyl (C=S) groups is 1. The third-order valence-corrected chi connectivity index (χ3v) is 12.0. The van der Waals surface area contributed by atoms with Crippen molar-refractivity contribution in [2.45, 2.75) is 134 Å². The van der Waals surface area contributed by atoms with Gasteiger partial charge in [-0.2, -0.15) is 26.3 Å². The highest BCUT2D eigenvalue weighted by Gasteiger charge is 2.58. The van der Waals surface area contributed by atoms with Crippen LogP contribution in [0.2, 0.25) is 0 Å². The molecule has 0 bridgehead atoms. The quantitative estimate of drug-likeness (QED) is 0.209. The van der Waals surface area contributed by atoms with Crippen molar-refractivity contribution in [2.75, 3.05) is 5.32 Å². The van der Waals surface area contributed by atoms with Crippen molar-refractivity contribution in [2.24, 2.45) is 0 Å². The lowest BCUT2D eigenvalue weighted by Gasteiger charge is -2.44. The zero-order chi connectivity index (χ0) is 36.2. The van der Waals surface area contributed by atoms with E-state index < -0.39 is 23.5 Å². The van der Waals surface area contributed by atoms with Crippen LogP contribution in [0.5, 0.6) is 0 Å². The molecule has 1 spiro atoms. The fourth-order valence-electron chi connectivity index (χ4n) is 10.2. The van der Waals surface area contributed by atoms with Gasteiger partial charge in [0.1, 0.15) is 0 Å². The molecular formula is C40H45F6N3S. The Balaban J connectivity index is 1.26. The topological polar surface area (TPSA) is 27.3 Å². The Morgan fingerprint density at radius 3 is 1.68 bits per heavy atom. The molecular weight excluding hydrogens is 669 g/mol. The number of anilines is 1. The smallest absolute Gasteiger partial charge is 0.358 e. The average molecular weight is 714 g/mol. The predicted molar refractivity (Wildman–Crippen MR) is 190 cm³/mol. The summed E-state index contributed by atoms with van der Waals surface area (Å²) in [7, 11) is 0. The second-order valence-electron chi connectivity index (χ2n) is 16.7. The summed E-state index contributed by atoms with van der Waals surface area (Å²) in [6.45, 7) is 15.4. The van der Waals surface area contributed by atoms with E-state index >= 15 is 0 Å². The molecule has 1 saturated carbocycles. The molecule has 3 aliphatic carbocycles. The average Bonchev–Trinajstić information content (AvgIpc) is 3.34. The molecule has 4 aliphatic rings. The van der Waals surface area contributed by atoms with Crippen molar-refractivity contribution >= 4 is 23.0 Å². The molecule has 0 aromatic heterocycles. The van der Waals surface area contributed by atoms with E-state index in [1.54, 1.807) is 0 Å². The van der Waals surface area contributed by atoms with Crippen molar-refractivity contribution in [3.63, 3.8) is 0 Å². The molecule has 0 unspecified atom stereocenters. The summed E-state index contributed by atoms with van der Waals surface area (Å²) in [5, 5.41) is 6.02. The number of halogens is 6. The number of benzene rings is 3. The maximum atomic E-state index is 13.6. The number of rotatable bonds is 3. The van der Waals surface area contributed by atoms with Gasteiger partial charge in [0.05, 0.1) is 11.1 Å². The van der Waals surface area contributed by atoms with Crippen molar-refractivity contribution in [1.82, 2.24) is 10.2 Å². The van der Waals surface area contributed by atoms with Crippen LogP contribution in [0.25, 0.3) is 0 Å². The predicted octanol–water partition coefficient (Wildman–Crippen LogP) is 10.6. The fourth-order valence-corrected chi connectivity index (χ4v) is 10.5. The molecule has 7 rings (SSSR count). The summed E-state index contributed by atoms with van der Waals surface area (Å²) in [5.74, 6) is 0. The summed E-state index contributed by atoms with van der Waals surface area (Å²) < 4.78 is 81.4. The van der Waals surface area contributed by atoms with Gasteiger partial charge < -0.3 is 10.6 Å². The highest BCUT2D eigenvalue weighted by Crippen LogP contribution is 2.65. The molecule has 268 valence electrons. The number of alkyl halides is 6. The Morgan fingerprint density at radius 1 is 0.720 bits per heavy atom. The van der Waals surface area contributed by atoms with E-state index in [-0.39, 0.29) is 45.2 Å². The van der Waals surface area contributed by atoms with Crippen LogP contribution in [0.3, 0.4) is 0 Å². The second-order valence-corrected chi connectivity index (χ2v) is 17.1. The van der Waals surface area contributed by atoms with Crippen LogP contribution >= 0.6 is 12.2 Å². The summed E-state index contributed by atoms with van der Waals surface area (Å²) in [6, 6.07) is 10.9. The monoisotopic (exact) mass is 713 g/mol. The maximum absolute atomic E-state index is 13.6. The minimum Gasteiger partial charge on any atom is -0.358 e. The molecule has 50 heavy (non-hydrogen) atoms. The highest BCUT2D eigenvalue weighted by atomic mass is 32.1. The Labute approximate surface area is 296 Å². The number of nitrogens with one attached hydrogen (secondary N) is 2. The first-order valence-corrected chi connectivity index (χ1v) is 18.0. The molecule has 2 N–H and O–H groups in total. The van der Waals surface area contributed by atoms with E-state index in [1.807, 2.05) is 0 Å². The Hall–Kier alpha value is -3.11. The molecule has 3 aromatic carbocycles. The van der Waals surface area contributed by atoms with Gasteiger partial charge in [0.2, 0.25) is 0 Å². The second kappa shape index (κ2) is 11.7. The van der Waals surface area contributed by atoms with Crippen molar-refractivity contribution in [3.05, 3.63) is 98.1 Å². The molecule has 3 aromatic rings. The Bertz CT molecular complexity index is 1760. The van der Waals surface area contributed by atoms with E-state index in [9.17, 15) is 26.3 Å². The molecule has 1 fully saturated rings. The maximum Gasteiger partial charge on any atom is 0.416 e. The standard InChI is InChI=1S/C40H45F6N3S/c1-22-11-24-18-49(19-25-12-23(2)14-30-34(25)38(21-37(30,5)6)20-36(3,4)29(13-22)33(24)38)32-10-8-7-9-31(32)48-35(50)47-28-16-26(39(41,42)43)15-27(17-28)40(44,45)46/h11-17,31-32H,7-10,18-21H2,1-6H3,(H2,47,48,50)/t31-,32-,38?/m0/s1. The molecule has 2 atom stereocenters. The zero-order valence-corrected chi connectivity index (χ0v) is 30.3. The van der Waals surface area contributed by atoms with Crippen LogP contribution in [-0.2, 0) is 41.7 Å². The lowest BCUT2D eigenvalue weighted by molar-refractivity contribution is -0.143. The Morgan fingerprint density at radius 2 is 1.20 bits per heavy atom. The first kappa shape index (κ1) is 35.3. The number of hydrogen-bond donors (Lipinski definition) is 2. The minimum absolute atomic E-state index is 0.00725. The fraction of sp³-hybridized carbons (Fsp3) is 0.525. The molecule has 10 heteroatoms. The number of aryl methyl sites for hydroxylation is 2. The molecule has 0 amide bonds. The third kappa shape index (κ3) is 6.02. The van der Waals surface area contributed by atoms with Gasteiger partial charge in [-0.15, -0.1) is 0 Å². The molecule has 1 aliphatic heterocycles. The van der Waals surface area contributed by atoms with Crippen LogP contribution in [0.15, 0.2) is 42.5 Å². The first-order valence-electron chi connectivity index (χ1n) is 17.6. The summed E-state index contributed by atoms with van der Waals surface area (Å²) in [4.78, 5) is 2.55. The van der Waals surface area contributed by atoms with Gasteiger partial charge in [-0.25, -0.2) is 0 Å². The SMILES string of the molecule is Cc1cc2c3c(c1)C(C)(C)CC31CC(C)(C)c3cc(C)cc(c31)CN([C@H]1CCCC[C@@H]1NC(=S)Nc1cc(C(F)(F)F)cc(C(F)(F)F)c1)C2. The molecule has 0 radical (unpaired) electrons. The van der Waals surface area contributed by atoms with E-state index in [4.69, 9.17) is 12.2 Å². The van der Waals surface area contributed by atoms with Gasteiger partial charge in [-0.05, 0) is 114 Å². The van der Waals surface area contributed by atoms with Crippen LogP contribution in [0.4, 0.5) is 32.0 Å². The van der Waals surface area contributed by atoms with Crippen LogP contribution in [-0.4, -0.2) is 22.1 Å². The van der Waals surface area contributed by atoms with Crippen molar-refractivity contribution in [1.29, 1.82) is 0 Å². The van der Waals surface area contributed by atoms with Crippen molar-refractivity contribution in [3.8, 4) is 0 Å². The van der Waals surface area contributed by atoms with E-state index in [0.717, 1.165) is 51.6 Å². The number of hydrogen-bond acceptors (Lipinski definition) is 2. The molecule has 3 nitrogen and oxygen atoms in total. The molecule has 0 saturated heterocycles. The number of nitrogens with zero attached hydrogens (tertiary/aromatic N) is 1. The molecule has 1 heterocycles. The summed E-state index contributed by atoms with van der Waals surface area (Å²) >= 11 is 5.58. The summed E-state index contributed by atoms with van der Waals surface area (Å²) in [5.41, 5.74) is 7.88. The van der Waals surface area contributed by atoms with Gasteiger partial charge >= 0.3 is 12.4 Å². The van der Waals surface area contributed by atoms with Gasteiger partial charge in [-0.3, -0.25) is 4.90 Å². The van der Waals surface area contributed by atoms with Gasteiger partial charge in [-0.1, -0.05) is 75.9 Å². The zero-order valence-electron chi connectivity index (χ0n) is 29.5. The van der Waals surface area contributed by atoms with Gasteiger partial charge in [0.25, 0.3) is 0 Å². The van der Waals surface area contributed by atoms with E-state index in [1.165, 1.54) is 44.5 Å². The lowest BCUT2D eigenvalue weighted by atomic mass is 9.69. The first-order chi connectivity index (χ1) is 23.2. The lowest BCUT2D eigenvalue weighted by Crippen LogP contribution is -2.54. The van der Waals surface area contributed by atoms with Gasteiger partial charge in [0, 0.05) is 36.3 Å². The third-order valence-electron chi connectivity index (χ3n) is 11.7. The highest BCUT2D eigenvalue weighted by molar-refractivity contribution is 7.80. The largest absolute Gasteiger partial charge is 0.416 e. The van der Waals surface area contributed by atoms with E-state index in [2.05, 4.69) is 81.3 Å². The normalized spacial score (nSPS) is 23.4. The van der Waals surface area contributed by atoms with Crippen LogP contribution in [0, 0.1) is 13.8 Å². The van der Waals surface area contributed by atoms with Crippen LogP contribution in [0.1, 0.15) is 122 Å². The van der Waals surface area contributed by atoms with Crippen molar-refractivity contribution < 1.29 is 26.3 Å².